The molecule has 0 unspecified atom stereocenters. The summed E-state index contributed by atoms with van der Waals surface area (Å²) in [7, 11) is 0. The van der Waals surface area contributed by atoms with Gasteiger partial charge in [-0.2, -0.15) is 0 Å². The summed E-state index contributed by atoms with van der Waals surface area (Å²) in [5.41, 5.74) is 1.70. The molecule has 3 N–H and O–H groups in total. The zero-order valence-corrected chi connectivity index (χ0v) is 7.86. The smallest absolute Gasteiger partial charge is 0.125 e. The Balaban J connectivity index is 2.59. The third-order valence-corrected chi connectivity index (χ3v) is 2.58. The maximum Gasteiger partial charge on any atom is 0.125 e. The Kier molecular flexibility index (Phi) is 1.45. The van der Waals surface area contributed by atoms with Crippen LogP contribution in [0.2, 0.25) is 0 Å². The van der Waals surface area contributed by atoms with Gasteiger partial charge in [-0.25, -0.2) is 0 Å². The monoisotopic (exact) mass is 199 g/mol. The number of aromatic hydroxyl groups is 2. The second-order valence-corrected chi connectivity index (χ2v) is 3.55. The number of phenols is 2. The van der Waals surface area contributed by atoms with Crippen molar-refractivity contribution in [1.82, 2.24) is 4.98 Å². The van der Waals surface area contributed by atoms with Gasteiger partial charge >= 0.3 is 0 Å². The molecule has 3 heteroatoms. The van der Waals surface area contributed by atoms with Crippen LogP contribution in [0.4, 0.5) is 0 Å². The molecule has 15 heavy (non-hydrogen) atoms. The van der Waals surface area contributed by atoms with Crippen LogP contribution in [0, 0.1) is 0 Å². The number of aromatic nitrogens is 1. The molecule has 1 aromatic heterocycles. The highest BCUT2D eigenvalue weighted by atomic mass is 16.3. The van der Waals surface area contributed by atoms with E-state index >= 15 is 0 Å². The van der Waals surface area contributed by atoms with Crippen LogP contribution in [0.25, 0.3) is 21.8 Å². The average molecular weight is 199 g/mol. The molecular formula is C12H9NO2. The second-order valence-electron chi connectivity index (χ2n) is 3.55. The van der Waals surface area contributed by atoms with Gasteiger partial charge in [0.2, 0.25) is 0 Å². The first-order valence-corrected chi connectivity index (χ1v) is 4.68. The van der Waals surface area contributed by atoms with E-state index in [1.54, 1.807) is 30.3 Å². The number of rotatable bonds is 0. The van der Waals surface area contributed by atoms with Crippen molar-refractivity contribution >= 4 is 21.8 Å². The van der Waals surface area contributed by atoms with E-state index in [1.165, 1.54) is 0 Å². The average Bonchev–Trinajstić information content (AvgIpc) is 2.56. The van der Waals surface area contributed by atoms with Crippen LogP contribution in [-0.2, 0) is 0 Å². The van der Waals surface area contributed by atoms with Gasteiger partial charge in [0, 0.05) is 16.8 Å². The first kappa shape index (κ1) is 8.17. The van der Waals surface area contributed by atoms with E-state index in [9.17, 15) is 10.2 Å². The zero-order valence-electron chi connectivity index (χ0n) is 7.86. The number of aromatic amines is 1. The van der Waals surface area contributed by atoms with Crippen molar-refractivity contribution in [2.24, 2.45) is 0 Å². The number of H-pyrrole nitrogens is 1. The Hall–Kier alpha value is -2.16. The third kappa shape index (κ3) is 1.06. The maximum absolute atomic E-state index is 9.74. The van der Waals surface area contributed by atoms with Crippen molar-refractivity contribution < 1.29 is 10.2 Å². The molecule has 0 amide bonds. The van der Waals surface area contributed by atoms with E-state index in [0.29, 0.717) is 0 Å². The molecule has 3 rings (SSSR count). The minimum atomic E-state index is 0.216. The van der Waals surface area contributed by atoms with Gasteiger partial charge in [-0.15, -0.1) is 0 Å². The lowest BCUT2D eigenvalue weighted by Gasteiger charge is -1.95. The van der Waals surface area contributed by atoms with E-state index in [1.807, 2.05) is 6.07 Å². The Morgan fingerprint density at radius 1 is 0.933 bits per heavy atom. The molecule has 0 fully saturated rings. The van der Waals surface area contributed by atoms with Crippen LogP contribution in [0.15, 0.2) is 36.4 Å². The van der Waals surface area contributed by atoms with Crippen molar-refractivity contribution in [3.05, 3.63) is 36.4 Å². The SMILES string of the molecule is Oc1ccc2c(c1)[nH]c1cccc(O)c12. The molecule has 0 spiro atoms. The lowest BCUT2D eigenvalue weighted by atomic mass is 10.1. The lowest BCUT2D eigenvalue weighted by Crippen LogP contribution is -1.68. The lowest BCUT2D eigenvalue weighted by molar-refractivity contribution is 0.476. The van der Waals surface area contributed by atoms with Crippen molar-refractivity contribution in [1.29, 1.82) is 0 Å². The largest absolute Gasteiger partial charge is 0.508 e. The summed E-state index contributed by atoms with van der Waals surface area (Å²) in [6.45, 7) is 0. The van der Waals surface area contributed by atoms with Crippen LogP contribution < -0.4 is 0 Å². The number of hydrogen-bond donors (Lipinski definition) is 3. The fourth-order valence-corrected chi connectivity index (χ4v) is 1.93. The third-order valence-electron chi connectivity index (χ3n) is 2.58. The van der Waals surface area contributed by atoms with Gasteiger partial charge in [-0.1, -0.05) is 6.07 Å². The summed E-state index contributed by atoms with van der Waals surface area (Å²) in [4.78, 5) is 3.14. The predicted molar refractivity (Wildman–Crippen MR) is 59.1 cm³/mol. The Bertz CT molecular complexity index is 655. The summed E-state index contributed by atoms with van der Waals surface area (Å²) in [6, 6.07) is 10.4. The Morgan fingerprint density at radius 2 is 1.80 bits per heavy atom. The van der Waals surface area contributed by atoms with Gasteiger partial charge in [-0.05, 0) is 24.3 Å². The van der Waals surface area contributed by atoms with E-state index < -0.39 is 0 Å². The number of phenolic OH excluding ortho intramolecular Hbond substituents is 2. The molecule has 0 saturated heterocycles. The highest BCUT2D eigenvalue weighted by Gasteiger charge is 2.07. The van der Waals surface area contributed by atoms with Gasteiger partial charge in [0.05, 0.1) is 11.0 Å². The van der Waals surface area contributed by atoms with Crippen molar-refractivity contribution in [3.63, 3.8) is 0 Å². The first-order chi connectivity index (χ1) is 7.25. The molecule has 3 nitrogen and oxygen atoms in total. The number of nitrogens with one attached hydrogen (secondary N) is 1. The summed E-state index contributed by atoms with van der Waals surface area (Å²) in [5, 5.41) is 20.8. The fraction of sp³-hybridized carbons (Fsp3) is 0. The Labute approximate surface area is 85.6 Å². The zero-order chi connectivity index (χ0) is 10.4. The van der Waals surface area contributed by atoms with E-state index in [-0.39, 0.29) is 11.5 Å². The molecular weight excluding hydrogens is 190 g/mol. The van der Waals surface area contributed by atoms with Crippen LogP contribution in [-0.4, -0.2) is 15.2 Å². The molecule has 0 aliphatic carbocycles. The minimum Gasteiger partial charge on any atom is -0.508 e. The number of benzene rings is 2. The first-order valence-electron chi connectivity index (χ1n) is 4.68. The maximum atomic E-state index is 9.74. The number of hydrogen-bond acceptors (Lipinski definition) is 2. The van der Waals surface area contributed by atoms with Crippen molar-refractivity contribution in [2.75, 3.05) is 0 Å². The summed E-state index contributed by atoms with van der Waals surface area (Å²) in [6.07, 6.45) is 0. The molecule has 0 atom stereocenters. The van der Waals surface area contributed by atoms with Gasteiger partial charge in [0.25, 0.3) is 0 Å². The highest BCUT2D eigenvalue weighted by molar-refractivity contribution is 6.10. The van der Waals surface area contributed by atoms with Crippen molar-refractivity contribution in [3.8, 4) is 11.5 Å². The molecule has 0 aliphatic heterocycles. The molecule has 2 aromatic carbocycles. The highest BCUT2D eigenvalue weighted by Crippen LogP contribution is 2.33. The summed E-state index contributed by atoms with van der Waals surface area (Å²) >= 11 is 0. The van der Waals surface area contributed by atoms with Gasteiger partial charge in [-0.3, -0.25) is 0 Å². The molecule has 1 heterocycles. The normalized spacial score (nSPS) is 11.2. The minimum absolute atomic E-state index is 0.216. The van der Waals surface area contributed by atoms with E-state index in [2.05, 4.69) is 4.98 Å². The molecule has 0 aliphatic rings. The van der Waals surface area contributed by atoms with Gasteiger partial charge < -0.3 is 15.2 Å². The predicted octanol–water partition coefficient (Wildman–Crippen LogP) is 2.73. The van der Waals surface area contributed by atoms with Crippen LogP contribution >= 0.6 is 0 Å². The molecule has 0 saturated carbocycles. The number of fused-ring (bicyclic) bond motifs is 3. The summed E-state index contributed by atoms with van der Waals surface area (Å²) in [5.74, 6) is 0.470. The van der Waals surface area contributed by atoms with Gasteiger partial charge in [0.1, 0.15) is 11.5 Å². The van der Waals surface area contributed by atoms with E-state index in [0.717, 1.165) is 21.8 Å². The molecule has 0 bridgehead atoms. The van der Waals surface area contributed by atoms with Gasteiger partial charge in [0.15, 0.2) is 0 Å². The molecule has 0 radical (unpaired) electrons. The quantitative estimate of drug-likeness (QED) is 0.521. The summed E-state index contributed by atoms with van der Waals surface area (Å²) < 4.78 is 0. The standard InChI is InChI=1S/C12H9NO2/c14-7-4-5-8-10(6-7)13-9-2-1-3-11(15)12(8)9/h1-6,13-15H. The van der Waals surface area contributed by atoms with Crippen LogP contribution in [0.3, 0.4) is 0 Å². The fourth-order valence-electron chi connectivity index (χ4n) is 1.93. The molecule has 3 aromatic rings. The van der Waals surface area contributed by atoms with E-state index in [4.69, 9.17) is 0 Å². The van der Waals surface area contributed by atoms with Crippen LogP contribution in [0.1, 0.15) is 0 Å². The topological polar surface area (TPSA) is 56.2 Å². The van der Waals surface area contributed by atoms with Crippen molar-refractivity contribution in [2.45, 2.75) is 0 Å². The van der Waals surface area contributed by atoms with Crippen LogP contribution in [0.5, 0.6) is 11.5 Å². The molecule has 74 valence electrons. The second kappa shape index (κ2) is 2.67. The Morgan fingerprint density at radius 3 is 2.67 bits per heavy atom.